The molecule has 3 N–H and O–H groups in total. The van der Waals surface area contributed by atoms with Gasteiger partial charge in [0.25, 0.3) is 11.6 Å². The third-order valence-corrected chi connectivity index (χ3v) is 5.14. The highest BCUT2D eigenvalue weighted by Crippen LogP contribution is 2.38. The van der Waals surface area contributed by atoms with Gasteiger partial charge in [-0.3, -0.25) is 19.7 Å². The molecule has 1 heterocycles. The van der Waals surface area contributed by atoms with Gasteiger partial charge < -0.3 is 11.1 Å². The van der Waals surface area contributed by atoms with Crippen molar-refractivity contribution in [1.29, 1.82) is 0 Å². The van der Waals surface area contributed by atoms with Gasteiger partial charge in [-0.1, -0.05) is 0 Å². The lowest BCUT2D eigenvalue weighted by atomic mass is 10.1. The Morgan fingerprint density at radius 2 is 1.96 bits per heavy atom. The molecule has 8 heteroatoms. The van der Waals surface area contributed by atoms with Crippen molar-refractivity contribution in [3.8, 4) is 0 Å². The zero-order chi connectivity index (χ0) is 18.0. The molecule has 1 aromatic heterocycles. The quantitative estimate of drug-likeness (QED) is 0.486. The van der Waals surface area contributed by atoms with E-state index >= 15 is 0 Å². The van der Waals surface area contributed by atoms with Crippen LogP contribution in [0.3, 0.4) is 0 Å². The van der Waals surface area contributed by atoms with E-state index in [1.54, 1.807) is 18.2 Å². The second-order valence-electron chi connectivity index (χ2n) is 5.60. The van der Waals surface area contributed by atoms with Gasteiger partial charge in [-0.25, -0.2) is 0 Å². The van der Waals surface area contributed by atoms with E-state index in [9.17, 15) is 19.7 Å². The Kier molecular flexibility index (Phi) is 4.62. The molecule has 0 saturated carbocycles. The number of nitro benzene ring substituents is 1. The number of fused-ring (bicyclic) bond motifs is 1. The minimum atomic E-state index is -0.533. The van der Waals surface area contributed by atoms with E-state index in [0.29, 0.717) is 16.1 Å². The van der Waals surface area contributed by atoms with Crippen molar-refractivity contribution < 1.29 is 14.5 Å². The number of hydrogen-bond donors (Lipinski definition) is 2. The molecule has 0 saturated heterocycles. The summed E-state index contributed by atoms with van der Waals surface area (Å²) in [4.78, 5) is 35.0. The van der Waals surface area contributed by atoms with Gasteiger partial charge in [0.2, 0.25) is 5.91 Å². The number of nitrogens with zero attached hydrogens (tertiary/aromatic N) is 1. The Labute approximate surface area is 147 Å². The average molecular weight is 357 g/mol. The Balaban J connectivity index is 1.73. The van der Waals surface area contributed by atoms with E-state index in [1.807, 2.05) is 0 Å². The summed E-state index contributed by atoms with van der Waals surface area (Å²) in [5, 5.41) is 13.8. The topological polar surface area (TPSA) is 115 Å². The zero-order valence-electron chi connectivity index (χ0n) is 13.2. The molecule has 25 heavy (non-hydrogen) atoms. The molecule has 0 bridgehead atoms. The summed E-state index contributed by atoms with van der Waals surface area (Å²) in [5.41, 5.74) is 7.46. The Hall–Kier alpha value is -3.00. The summed E-state index contributed by atoms with van der Waals surface area (Å²) >= 11 is 1.39. The van der Waals surface area contributed by atoms with Crippen LogP contribution in [-0.4, -0.2) is 16.7 Å². The molecule has 1 aliphatic carbocycles. The van der Waals surface area contributed by atoms with Crippen LogP contribution in [0.4, 0.5) is 10.7 Å². The predicted octanol–water partition coefficient (Wildman–Crippen LogP) is 2.90. The summed E-state index contributed by atoms with van der Waals surface area (Å²) in [6, 6.07) is 5.84. The standard InChI is InChI=1S/C17H15N3O4S/c18-16(22)15-12-2-1-3-13(12)25-17(15)19-14(21)9-6-10-4-7-11(8-5-10)20(23)24/h4-9H,1-3H2,(H2,18,22)(H,19,21)/b9-6+. The fourth-order valence-corrected chi connectivity index (χ4v) is 4.08. The van der Waals surface area contributed by atoms with E-state index < -0.39 is 10.8 Å². The maximum absolute atomic E-state index is 12.1. The highest BCUT2D eigenvalue weighted by molar-refractivity contribution is 7.17. The normalized spacial score (nSPS) is 13.0. The molecule has 128 valence electrons. The van der Waals surface area contributed by atoms with E-state index in [2.05, 4.69) is 5.32 Å². The average Bonchev–Trinajstić information content (AvgIpc) is 3.13. The number of nitrogens with two attached hydrogens (primary N) is 1. The van der Waals surface area contributed by atoms with Crippen LogP contribution in [0.2, 0.25) is 0 Å². The van der Waals surface area contributed by atoms with Crippen LogP contribution in [0.1, 0.15) is 32.8 Å². The molecule has 1 aliphatic rings. The van der Waals surface area contributed by atoms with Gasteiger partial charge in [-0.15, -0.1) is 11.3 Å². The second kappa shape index (κ2) is 6.86. The first-order valence-electron chi connectivity index (χ1n) is 7.63. The molecule has 0 unspecified atom stereocenters. The molecule has 0 spiro atoms. The number of hydrogen-bond acceptors (Lipinski definition) is 5. The van der Waals surface area contributed by atoms with Gasteiger partial charge in [-0.05, 0) is 48.6 Å². The lowest BCUT2D eigenvalue weighted by Crippen LogP contribution is -2.16. The van der Waals surface area contributed by atoms with Crippen molar-refractivity contribution in [2.45, 2.75) is 19.3 Å². The summed E-state index contributed by atoms with van der Waals surface area (Å²) in [5.74, 6) is -0.921. The van der Waals surface area contributed by atoms with Gasteiger partial charge in [0.15, 0.2) is 0 Å². The summed E-state index contributed by atoms with van der Waals surface area (Å²) in [6.45, 7) is 0. The first kappa shape index (κ1) is 16.8. The minimum absolute atomic E-state index is 0.0131. The van der Waals surface area contributed by atoms with Crippen LogP contribution in [0.25, 0.3) is 6.08 Å². The number of thiophene rings is 1. The highest BCUT2D eigenvalue weighted by atomic mass is 32.1. The van der Waals surface area contributed by atoms with Gasteiger partial charge in [-0.2, -0.15) is 0 Å². The number of amides is 2. The molecular formula is C17H15N3O4S. The molecule has 1 aromatic carbocycles. The van der Waals surface area contributed by atoms with Gasteiger partial charge in [0.1, 0.15) is 5.00 Å². The van der Waals surface area contributed by atoms with Crippen LogP contribution in [-0.2, 0) is 17.6 Å². The van der Waals surface area contributed by atoms with Crippen molar-refractivity contribution in [2.24, 2.45) is 5.73 Å². The molecule has 0 fully saturated rings. The molecule has 3 rings (SSSR count). The molecule has 0 aliphatic heterocycles. The lowest BCUT2D eigenvalue weighted by Gasteiger charge is -2.03. The summed E-state index contributed by atoms with van der Waals surface area (Å²) in [7, 11) is 0. The first-order chi connectivity index (χ1) is 12.0. The monoisotopic (exact) mass is 357 g/mol. The zero-order valence-corrected chi connectivity index (χ0v) is 14.0. The molecule has 2 aromatic rings. The van der Waals surface area contributed by atoms with Gasteiger partial charge in [0.05, 0.1) is 10.5 Å². The largest absolute Gasteiger partial charge is 0.365 e. The Bertz CT molecular complexity index is 884. The SMILES string of the molecule is NC(=O)c1c(NC(=O)/C=C/c2ccc([N+](=O)[O-])cc2)sc2c1CCC2. The number of nitrogens with one attached hydrogen (secondary N) is 1. The van der Waals surface area contributed by atoms with E-state index in [0.717, 1.165) is 29.7 Å². The Morgan fingerprint density at radius 1 is 1.24 bits per heavy atom. The predicted molar refractivity (Wildman–Crippen MR) is 95.6 cm³/mol. The second-order valence-corrected chi connectivity index (χ2v) is 6.70. The van der Waals surface area contributed by atoms with E-state index in [-0.39, 0.29) is 11.6 Å². The number of carbonyl (C=O) groups excluding carboxylic acids is 2. The number of non-ortho nitro benzene ring substituents is 1. The Morgan fingerprint density at radius 3 is 2.60 bits per heavy atom. The van der Waals surface area contributed by atoms with Crippen LogP contribution >= 0.6 is 11.3 Å². The van der Waals surface area contributed by atoms with Gasteiger partial charge >= 0.3 is 0 Å². The maximum atomic E-state index is 12.1. The van der Waals surface area contributed by atoms with Crippen molar-refractivity contribution >= 4 is 39.9 Å². The van der Waals surface area contributed by atoms with Gasteiger partial charge in [0, 0.05) is 23.1 Å². The summed E-state index contributed by atoms with van der Waals surface area (Å²) in [6.07, 6.45) is 5.56. The number of benzene rings is 1. The number of rotatable bonds is 5. The number of nitro groups is 1. The highest BCUT2D eigenvalue weighted by Gasteiger charge is 2.25. The number of aryl methyl sites for hydroxylation is 1. The third kappa shape index (κ3) is 3.58. The molecule has 2 amide bonds. The summed E-state index contributed by atoms with van der Waals surface area (Å²) < 4.78 is 0. The van der Waals surface area contributed by atoms with E-state index in [1.165, 1.54) is 29.5 Å². The van der Waals surface area contributed by atoms with Crippen molar-refractivity contribution in [1.82, 2.24) is 0 Å². The molecule has 0 atom stereocenters. The van der Waals surface area contributed by atoms with Crippen LogP contribution < -0.4 is 11.1 Å². The number of primary amides is 1. The first-order valence-corrected chi connectivity index (χ1v) is 8.45. The maximum Gasteiger partial charge on any atom is 0.269 e. The molecule has 0 radical (unpaired) electrons. The fourth-order valence-electron chi connectivity index (χ4n) is 2.79. The number of anilines is 1. The van der Waals surface area contributed by atoms with Crippen LogP contribution in [0, 0.1) is 10.1 Å². The smallest absolute Gasteiger partial charge is 0.269 e. The fraction of sp³-hybridized carbons (Fsp3) is 0.176. The van der Waals surface area contributed by atoms with E-state index in [4.69, 9.17) is 5.73 Å². The van der Waals surface area contributed by atoms with Crippen molar-refractivity contribution in [3.05, 3.63) is 62.0 Å². The van der Waals surface area contributed by atoms with Crippen molar-refractivity contribution in [3.63, 3.8) is 0 Å². The molecular weight excluding hydrogens is 342 g/mol. The van der Waals surface area contributed by atoms with Crippen LogP contribution in [0.5, 0.6) is 0 Å². The minimum Gasteiger partial charge on any atom is -0.365 e. The van der Waals surface area contributed by atoms with Crippen LogP contribution in [0.15, 0.2) is 30.3 Å². The number of carbonyl (C=O) groups is 2. The third-order valence-electron chi connectivity index (χ3n) is 3.94. The van der Waals surface area contributed by atoms with Crippen molar-refractivity contribution in [2.75, 3.05) is 5.32 Å². The molecule has 7 nitrogen and oxygen atoms in total. The lowest BCUT2D eigenvalue weighted by molar-refractivity contribution is -0.384.